The van der Waals surface area contributed by atoms with Crippen LogP contribution in [0.2, 0.25) is 5.02 Å². The summed E-state index contributed by atoms with van der Waals surface area (Å²) in [5, 5.41) is 7.43. The van der Waals surface area contributed by atoms with Crippen LogP contribution in [0.4, 0.5) is 5.69 Å². The predicted octanol–water partition coefficient (Wildman–Crippen LogP) is 5.05. The lowest BCUT2D eigenvalue weighted by atomic mass is 10.1. The van der Waals surface area contributed by atoms with E-state index in [2.05, 4.69) is 15.8 Å². The first-order chi connectivity index (χ1) is 15.0. The summed E-state index contributed by atoms with van der Waals surface area (Å²) in [6.07, 6.45) is 0.0795. The van der Waals surface area contributed by atoms with E-state index in [0.717, 1.165) is 5.56 Å². The molecule has 158 valence electrons. The molecule has 0 unspecified atom stereocenters. The molecular formula is C24H22ClN3O3. The molecule has 0 heterocycles. The van der Waals surface area contributed by atoms with E-state index in [1.54, 1.807) is 55.5 Å². The van der Waals surface area contributed by atoms with E-state index in [1.165, 1.54) is 0 Å². The molecule has 0 saturated carbocycles. The molecule has 0 atom stereocenters. The Balaban J connectivity index is 1.47. The van der Waals surface area contributed by atoms with Crippen molar-refractivity contribution in [3.8, 4) is 5.75 Å². The molecule has 0 aliphatic carbocycles. The lowest BCUT2D eigenvalue weighted by Crippen LogP contribution is -2.21. The van der Waals surface area contributed by atoms with Gasteiger partial charge in [0, 0.05) is 22.0 Å². The zero-order chi connectivity index (χ0) is 22.1. The average molecular weight is 436 g/mol. The molecule has 2 N–H and O–H groups in total. The molecule has 31 heavy (non-hydrogen) atoms. The predicted molar refractivity (Wildman–Crippen MR) is 122 cm³/mol. The summed E-state index contributed by atoms with van der Waals surface area (Å²) < 4.78 is 5.69. The first kappa shape index (κ1) is 22.1. The van der Waals surface area contributed by atoms with Gasteiger partial charge in [-0.2, -0.15) is 5.10 Å². The van der Waals surface area contributed by atoms with Gasteiger partial charge >= 0.3 is 0 Å². The summed E-state index contributed by atoms with van der Waals surface area (Å²) in [4.78, 5) is 24.3. The molecule has 0 fully saturated rings. The van der Waals surface area contributed by atoms with Gasteiger partial charge in [0.1, 0.15) is 12.4 Å². The highest BCUT2D eigenvalue weighted by Crippen LogP contribution is 2.17. The van der Waals surface area contributed by atoms with Crippen molar-refractivity contribution in [1.29, 1.82) is 0 Å². The monoisotopic (exact) mass is 435 g/mol. The molecular weight excluding hydrogens is 414 g/mol. The number of benzene rings is 3. The van der Waals surface area contributed by atoms with Gasteiger partial charge in [-0.1, -0.05) is 41.9 Å². The number of halogens is 1. The van der Waals surface area contributed by atoms with Crippen LogP contribution in [-0.2, 0) is 11.4 Å². The van der Waals surface area contributed by atoms with Crippen LogP contribution in [0.1, 0.15) is 29.3 Å². The molecule has 0 bridgehead atoms. The van der Waals surface area contributed by atoms with Crippen molar-refractivity contribution < 1.29 is 14.3 Å². The molecule has 6 nitrogen and oxygen atoms in total. The van der Waals surface area contributed by atoms with Crippen LogP contribution in [0.25, 0.3) is 0 Å². The number of hydrogen-bond donors (Lipinski definition) is 2. The Bertz CT molecular complexity index is 1050. The molecule has 7 heteroatoms. The second-order valence-corrected chi connectivity index (χ2v) is 7.25. The fourth-order valence-electron chi connectivity index (χ4n) is 2.66. The highest BCUT2D eigenvalue weighted by molar-refractivity contribution is 6.30. The standard InChI is InChI=1S/C24H22ClN3O3/c1-17(15-23(29)26-21-5-3-2-4-6-21)27-28-24(30)19-9-7-18(8-10-19)16-31-22-13-11-20(25)12-14-22/h2-14H,15-16H2,1H3,(H,26,29)(H,28,30)/b27-17+. The Morgan fingerprint density at radius 3 is 2.29 bits per heavy atom. The van der Waals surface area contributed by atoms with Gasteiger partial charge < -0.3 is 10.1 Å². The Labute approximate surface area is 185 Å². The Kier molecular flexibility index (Phi) is 7.79. The minimum atomic E-state index is -0.354. The fourth-order valence-corrected chi connectivity index (χ4v) is 2.79. The number of ether oxygens (including phenoxy) is 1. The topological polar surface area (TPSA) is 79.8 Å². The summed E-state index contributed by atoms with van der Waals surface area (Å²) in [6.45, 7) is 2.05. The Hall–Kier alpha value is -3.64. The van der Waals surface area contributed by atoms with E-state index in [0.29, 0.717) is 34.3 Å². The maximum absolute atomic E-state index is 12.3. The summed E-state index contributed by atoms with van der Waals surface area (Å²) in [6, 6.07) is 23.3. The SMILES string of the molecule is C/C(CC(=O)Nc1ccccc1)=N\NC(=O)c1ccc(COc2ccc(Cl)cc2)cc1. The lowest BCUT2D eigenvalue weighted by molar-refractivity contribution is -0.115. The summed E-state index contributed by atoms with van der Waals surface area (Å²) in [5.41, 5.74) is 5.06. The number of rotatable bonds is 8. The smallest absolute Gasteiger partial charge is 0.271 e. The third kappa shape index (κ3) is 7.28. The van der Waals surface area contributed by atoms with Gasteiger partial charge in [-0.3, -0.25) is 9.59 Å². The third-order valence-corrected chi connectivity index (χ3v) is 4.51. The number of hydrazone groups is 1. The van der Waals surface area contributed by atoms with E-state index < -0.39 is 0 Å². The number of amides is 2. The Morgan fingerprint density at radius 1 is 0.935 bits per heavy atom. The van der Waals surface area contributed by atoms with Crippen LogP contribution in [0, 0.1) is 0 Å². The Morgan fingerprint density at radius 2 is 1.61 bits per heavy atom. The van der Waals surface area contributed by atoms with Crippen LogP contribution < -0.4 is 15.5 Å². The van der Waals surface area contributed by atoms with Gasteiger partial charge in [0.05, 0.1) is 6.42 Å². The number of para-hydroxylation sites is 1. The molecule has 2 amide bonds. The minimum Gasteiger partial charge on any atom is -0.489 e. The van der Waals surface area contributed by atoms with Crippen molar-refractivity contribution in [2.45, 2.75) is 20.0 Å². The molecule has 0 aliphatic rings. The van der Waals surface area contributed by atoms with Gasteiger partial charge in [0.25, 0.3) is 5.91 Å². The molecule has 3 rings (SSSR count). The first-order valence-electron chi connectivity index (χ1n) is 9.65. The third-order valence-electron chi connectivity index (χ3n) is 4.26. The average Bonchev–Trinajstić information content (AvgIpc) is 2.78. The molecule has 0 radical (unpaired) electrons. The summed E-state index contributed by atoms with van der Waals surface area (Å²) >= 11 is 5.86. The molecule has 3 aromatic rings. The van der Waals surface area contributed by atoms with Gasteiger partial charge in [0.2, 0.25) is 5.91 Å². The normalized spacial score (nSPS) is 11.0. The van der Waals surface area contributed by atoms with Gasteiger partial charge in [0.15, 0.2) is 0 Å². The van der Waals surface area contributed by atoms with E-state index >= 15 is 0 Å². The van der Waals surface area contributed by atoms with Crippen molar-refractivity contribution in [1.82, 2.24) is 5.43 Å². The quantitative estimate of drug-likeness (QED) is 0.383. The lowest BCUT2D eigenvalue weighted by Gasteiger charge is -2.07. The molecule has 0 saturated heterocycles. The van der Waals surface area contributed by atoms with Crippen LogP contribution in [0.15, 0.2) is 84.0 Å². The van der Waals surface area contributed by atoms with E-state index in [9.17, 15) is 9.59 Å². The zero-order valence-electron chi connectivity index (χ0n) is 17.0. The van der Waals surface area contributed by atoms with E-state index in [-0.39, 0.29) is 18.2 Å². The summed E-state index contributed by atoms with van der Waals surface area (Å²) in [7, 11) is 0. The van der Waals surface area contributed by atoms with Crippen molar-refractivity contribution in [3.63, 3.8) is 0 Å². The maximum atomic E-state index is 12.3. The van der Waals surface area contributed by atoms with Crippen LogP contribution in [-0.4, -0.2) is 17.5 Å². The number of carbonyl (C=O) groups excluding carboxylic acids is 2. The van der Waals surface area contributed by atoms with Crippen LogP contribution >= 0.6 is 11.6 Å². The highest BCUT2D eigenvalue weighted by Gasteiger charge is 2.07. The van der Waals surface area contributed by atoms with E-state index in [1.807, 2.05) is 30.3 Å². The number of hydrogen-bond acceptors (Lipinski definition) is 4. The number of anilines is 1. The molecule has 0 aliphatic heterocycles. The first-order valence-corrected chi connectivity index (χ1v) is 10.0. The van der Waals surface area contributed by atoms with Gasteiger partial charge in [-0.05, 0) is 61.0 Å². The van der Waals surface area contributed by atoms with Gasteiger partial charge in [-0.15, -0.1) is 0 Å². The van der Waals surface area contributed by atoms with E-state index in [4.69, 9.17) is 16.3 Å². The fraction of sp³-hybridized carbons (Fsp3) is 0.125. The minimum absolute atomic E-state index is 0.0795. The number of carbonyl (C=O) groups is 2. The number of nitrogens with one attached hydrogen (secondary N) is 2. The van der Waals surface area contributed by atoms with Crippen molar-refractivity contribution in [3.05, 3.63) is 95.0 Å². The highest BCUT2D eigenvalue weighted by atomic mass is 35.5. The van der Waals surface area contributed by atoms with Crippen LogP contribution in [0.5, 0.6) is 5.75 Å². The molecule has 0 aromatic heterocycles. The van der Waals surface area contributed by atoms with Crippen molar-refractivity contribution in [2.24, 2.45) is 5.10 Å². The van der Waals surface area contributed by atoms with Crippen molar-refractivity contribution in [2.75, 3.05) is 5.32 Å². The largest absolute Gasteiger partial charge is 0.489 e. The summed E-state index contributed by atoms with van der Waals surface area (Å²) in [5.74, 6) is 0.159. The van der Waals surface area contributed by atoms with Crippen molar-refractivity contribution >= 4 is 34.8 Å². The molecule has 0 spiro atoms. The van der Waals surface area contributed by atoms with Gasteiger partial charge in [-0.25, -0.2) is 5.43 Å². The number of nitrogens with zero attached hydrogens (tertiary/aromatic N) is 1. The maximum Gasteiger partial charge on any atom is 0.271 e. The second kappa shape index (κ2) is 10.9. The van der Waals surface area contributed by atoms with Crippen LogP contribution in [0.3, 0.4) is 0 Å². The second-order valence-electron chi connectivity index (χ2n) is 6.82. The zero-order valence-corrected chi connectivity index (χ0v) is 17.7. The molecule has 3 aromatic carbocycles.